The van der Waals surface area contributed by atoms with Crippen LogP contribution in [0.1, 0.15) is 12.6 Å². The second-order valence-corrected chi connectivity index (χ2v) is 8.20. The molecule has 1 aromatic carbocycles. The Labute approximate surface area is 162 Å². The fourth-order valence-electron chi connectivity index (χ4n) is 3.90. The highest BCUT2D eigenvalue weighted by atomic mass is 32.1. The fourth-order valence-corrected chi connectivity index (χ4v) is 4.74. The maximum atomic E-state index is 14.0. The van der Waals surface area contributed by atoms with Gasteiger partial charge in [0.15, 0.2) is 0 Å². The Kier molecular flexibility index (Phi) is 5.52. The van der Waals surface area contributed by atoms with Gasteiger partial charge in [0.1, 0.15) is 10.8 Å². The van der Waals surface area contributed by atoms with Crippen LogP contribution in [-0.2, 0) is 16.1 Å². The smallest absolute Gasteiger partial charge is 0.227 e. The van der Waals surface area contributed by atoms with Crippen LogP contribution in [0.25, 0.3) is 10.6 Å². The molecule has 27 heavy (non-hydrogen) atoms. The van der Waals surface area contributed by atoms with Crippen molar-refractivity contribution in [2.45, 2.75) is 13.5 Å². The van der Waals surface area contributed by atoms with Crippen molar-refractivity contribution >= 4 is 17.2 Å². The van der Waals surface area contributed by atoms with Gasteiger partial charge in [-0.05, 0) is 18.1 Å². The van der Waals surface area contributed by atoms with Crippen molar-refractivity contribution in [1.82, 2.24) is 14.8 Å². The lowest BCUT2D eigenvalue weighted by molar-refractivity contribution is -0.140. The molecule has 0 bridgehead atoms. The molecule has 0 spiro atoms. The molecule has 2 aromatic rings. The number of rotatable bonds is 4. The summed E-state index contributed by atoms with van der Waals surface area (Å²) in [5.74, 6) is 0.362. The minimum Gasteiger partial charge on any atom is -0.378 e. The SMILES string of the molecule is C[C@@H]1CN(Cc2csc(-c3ccccc3F)n2)C[C@H]1C(=O)N1CCOCC1. The number of hydrogen-bond donors (Lipinski definition) is 0. The van der Waals surface area contributed by atoms with Gasteiger partial charge in [-0.25, -0.2) is 9.37 Å². The Morgan fingerprint density at radius 1 is 1.30 bits per heavy atom. The molecule has 2 fully saturated rings. The summed E-state index contributed by atoms with van der Waals surface area (Å²) in [5.41, 5.74) is 1.48. The van der Waals surface area contributed by atoms with Crippen LogP contribution in [0.4, 0.5) is 4.39 Å². The molecule has 144 valence electrons. The van der Waals surface area contributed by atoms with Crippen LogP contribution in [0.3, 0.4) is 0 Å². The summed E-state index contributed by atoms with van der Waals surface area (Å²) >= 11 is 1.46. The van der Waals surface area contributed by atoms with Crippen LogP contribution in [0, 0.1) is 17.7 Å². The number of carbonyl (C=O) groups is 1. The first-order valence-corrected chi connectivity index (χ1v) is 10.3. The molecule has 4 rings (SSSR count). The number of aromatic nitrogens is 1. The number of ether oxygens (including phenoxy) is 1. The summed E-state index contributed by atoms with van der Waals surface area (Å²) < 4.78 is 19.3. The van der Waals surface area contributed by atoms with Crippen LogP contribution in [-0.4, -0.2) is 60.1 Å². The molecule has 0 saturated carbocycles. The van der Waals surface area contributed by atoms with Gasteiger partial charge in [-0.1, -0.05) is 19.1 Å². The highest BCUT2D eigenvalue weighted by Gasteiger charge is 2.37. The molecule has 2 atom stereocenters. The lowest BCUT2D eigenvalue weighted by Gasteiger charge is -2.30. The average Bonchev–Trinajstić information content (AvgIpc) is 3.29. The number of thiazole rings is 1. The molecule has 7 heteroatoms. The van der Waals surface area contributed by atoms with E-state index in [0.29, 0.717) is 49.3 Å². The first-order chi connectivity index (χ1) is 13.1. The van der Waals surface area contributed by atoms with Crippen LogP contribution in [0.2, 0.25) is 0 Å². The van der Waals surface area contributed by atoms with Crippen LogP contribution >= 0.6 is 11.3 Å². The first kappa shape index (κ1) is 18.5. The highest BCUT2D eigenvalue weighted by molar-refractivity contribution is 7.13. The molecular formula is C20H24FN3O2S. The van der Waals surface area contributed by atoms with Crippen molar-refractivity contribution in [1.29, 1.82) is 0 Å². The van der Waals surface area contributed by atoms with Gasteiger partial charge in [-0.2, -0.15) is 0 Å². The number of carbonyl (C=O) groups excluding carboxylic acids is 1. The second-order valence-electron chi connectivity index (χ2n) is 7.34. The van der Waals surface area contributed by atoms with Gasteiger partial charge >= 0.3 is 0 Å². The van der Waals surface area contributed by atoms with Crippen molar-refractivity contribution in [3.8, 4) is 10.6 Å². The van der Waals surface area contributed by atoms with Gasteiger partial charge in [0, 0.05) is 43.7 Å². The van der Waals surface area contributed by atoms with Gasteiger partial charge in [-0.15, -0.1) is 11.3 Å². The average molecular weight is 389 g/mol. The first-order valence-electron chi connectivity index (χ1n) is 9.40. The molecule has 1 amide bonds. The molecule has 2 saturated heterocycles. The van der Waals surface area contributed by atoms with Crippen molar-refractivity contribution in [2.24, 2.45) is 11.8 Å². The van der Waals surface area contributed by atoms with Gasteiger partial charge in [0.25, 0.3) is 0 Å². The summed E-state index contributed by atoms with van der Waals surface area (Å²) in [6.07, 6.45) is 0. The van der Waals surface area contributed by atoms with E-state index in [2.05, 4.69) is 16.8 Å². The van der Waals surface area contributed by atoms with E-state index < -0.39 is 0 Å². The molecule has 2 aliphatic rings. The number of amides is 1. The zero-order valence-electron chi connectivity index (χ0n) is 15.4. The summed E-state index contributed by atoms with van der Waals surface area (Å²) in [6.45, 7) is 7.14. The van der Waals surface area contributed by atoms with Crippen molar-refractivity contribution < 1.29 is 13.9 Å². The van der Waals surface area contributed by atoms with E-state index in [1.54, 1.807) is 12.1 Å². The standard InChI is InChI=1S/C20H24FN3O2S/c1-14-10-23(12-17(14)20(25)24-6-8-26-9-7-24)11-15-13-27-19(22-15)16-4-2-3-5-18(16)21/h2-5,13-14,17H,6-12H2,1H3/t14-,17-/m1/s1. The van der Waals surface area contributed by atoms with E-state index in [1.165, 1.54) is 17.4 Å². The quantitative estimate of drug-likeness (QED) is 0.807. The summed E-state index contributed by atoms with van der Waals surface area (Å²) in [6, 6.07) is 6.72. The number of morpholine rings is 1. The minimum atomic E-state index is -0.246. The predicted molar refractivity (Wildman–Crippen MR) is 103 cm³/mol. The molecule has 3 heterocycles. The van der Waals surface area contributed by atoms with E-state index in [-0.39, 0.29) is 17.6 Å². The Balaban J connectivity index is 1.39. The van der Waals surface area contributed by atoms with Gasteiger partial charge in [-0.3, -0.25) is 9.69 Å². The predicted octanol–water partition coefficient (Wildman–Crippen LogP) is 2.88. The molecule has 5 nitrogen and oxygen atoms in total. The topological polar surface area (TPSA) is 45.7 Å². The molecular weight excluding hydrogens is 365 g/mol. The van der Waals surface area contributed by atoms with Gasteiger partial charge in [0.2, 0.25) is 5.91 Å². The van der Waals surface area contributed by atoms with Crippen LogP contribution < -0.4 is 0 Å². The fraction of sp³-hybridized carbons (Fsp3) is 0.500. The van der Waals surface area contributed by atoms with E-state index in [9.17, 15) is 9.18 Å². The number of benzene rings is 1. The lowest BCUT2D eigenvalue weighted by atomic mass is 9.96. The maximum Gasteiger partial charge on any atom is 0.227 e. The van der Waals surface area contributed by atoms with E-state index in [4.69, 9.17) is 4.74 Å². The Morgan fingerprint density at radius 3 is 2.85 bits per heavy atom. The Hall–Kier alpha value is -1.83. The zero-order chi connectivity index (χ0) is 18.8. The number of likely N-dealkylation sites (tertiary alicyclic amines) is 1. The van der Waals surface area contributed by atoms with Crippen molar-refractivity contribution in [3.63, 3.8) is 0 Å². The van der Waals surface area contributed by atoms with E-state index in [1.807, 2.05) is 16.3 Å². The van der Waals surface area contributed by atoms with Crippen LogP contribution in [0.15, 0.2) is 29.6 Å². The summed E-state index contributed by atoms with van der Waals surface area (Å²) in [4.78, 5) is 21.7. The van der Waals surface area contributed by atoms with Crippen molar-refractivity contribution in [2.75, 3.05) is 39.4 Å². The minimum absolute atomic E-state index is 0.0350. The Bertz CT molecular complexity index is 806. The van der Waals surface area contributed by atoms with E-state index in [0.717, 1.165) is 18.8 Å². The normalized spacial score (nSPS) is 23.7. The molecule has 1 aromatic heterocycles. The molecule has 0 aliphatic carbocycles. The van der Waals surface area contributed by atoms with Crippen LogP contribution in [0.5, 0.6) is 0 Å². The third-order valence-corrected chi connectivity index (χ3v) is 6.29. The van der Waals surface area contributed by atoms with E-state index >= 15 is 0 Å². The third kappa shape index (κ3) is 4.05. The zero-order valence-corrected chi connectivity index (χ0v) is 16.3. The molecule has 0 unspecified atom stereocenters. The maximum absolute atomic E-state index is 14.0. The number of nitrogens with zero attached hydrogens (tertiary/aromatic N) is 3. The van der Waals surface area contributed by atoms with Gasteiger partial charge < -0.3 is 9.64 Å². The largest absolute Gasteiger partial charge is 0.378 e. The van der Waals surface area contributed by atoms with Crippen molar-refractivity contribution in [3.05, 3.63) is 41.2 Å². The monoisotopic (exact) mass is 389 g/mol. The number of hydrogen-bond acceptors (Lipinski definition) is 5. The van der Waals surface area contributed by atoms with Gasteiger partial charge in [0.05, 0.1) is 24.8 Å². The molecule has 2 aliphatic heterocycles. The number of halogens is 1. The molecule has 0 N–H and O–H groups in total. The second kappa shape index (κ2) is 8.04. The Morgan fingerprint density at radius 2 is 2.07 bits per heavy atom. The summed E-state index contributed by atoms with van der Waals surface area (Å²) in [7, 11) is 0. The molecule has 0 radical (unpaired) electrons. The summed E-state index contributed by atoms with van der Waals surface area (Å²) in [5, 5.41) is 2.69. The third-order valence-electron chi connectivity index (χ3n) is 5.37. The highest BCUT2D eigenvalue weighted by Crippen LogP contribution is 2.29. The lowest BCUT2D eigenvalue weighted by Crippen LogP contribution is -2.45.